The smallest absolute Gasteiger partial charge is 0.407 e. The summed E-state index contributed by atoms with van der Waals surface area (Å²) in [6.07, 6.45) is 1.47. The second-order valence-corrected chi connectivity index (χ2v) is 4.52. The van der Waals surface area contributed by atoms with Crippen LogP contribution < -0.4 is 5.32 Å². The number of carbonyl (C=O) groups excluding carboxylic acids is 2. The summed E-state index contributed by atoms with van der Waals surface area (Å²) >= 11 is 0. The van der Waals surface area contributed by atoms with Crippen molar-refractivity contribution < 1.29 is 24.2 Å². The summed E-state index contributed by atoms with van der Waals surface area (Å²) in [6, 6.07) is -0.996. The van der Waals surface area contributed by atoms with Gasteiger partial charge in [0.25, 0.3) is 0 Å². The third kappa shape index (κ3) is 2.86. The van der Waals surface area contributed by atoms with E-state index < -0.39 is 29.6 Å². The standard InChI is InChI=1S/C12H18N2O5/c1-4-8(13-11(18)19-3)9(15)14-7-5-6-12(14,2)10(16)17/h4,8H,1,5-7H2,2-3H3,(H,13,18)(H,16,17). The van der Waals surface area contributed by atoms with Crippen LogP contribution in [0.4, 0.5) is 4.79 Å². The number of nitrogens with one attached hydrogen (secondary N) is 1. The Bertz CT molecular complexity index is 409. The van der Waals surface area contributed by atoms with Crippen LogP contribution in [0.15, 0.2) is 12.7 Å². The molecule has 1 fully saturated rings. The summed E-state index contributed by atoms with van der Waals surface area (Å²) in [6.45, 7) is 5.31. The number of likely N-dealkylation sites (tertiary alicyclic amines) is 1. The molecule has 0 saturated carbocycles. The van der Waals surface area contributed by atoms with Gasteiger partial charge in [-0.2, -0.15) is 0 Å². The Morgan fingerprint density at radius 1 is 1.53 bits per heavy atom. The average Bonchev–Trinajstić information content (AvgIpc) is 2.78. The van der Waals surface area contributed by atoms with Gasteiger partial charge in [-0.25, -0.2) is 9.59 Å². The normalized spacial score (nSPS) is 23.6. The number of carboxylic acids is 1. The Balaban J connectivity index is 2.88. The first-order valence-electron chi connectivity index (χ1n) is 5.88. The quantitative estimate of drug-likeness (QED) is 0.719. The van der Waals surface area contributed by atoms with Gasteiger partial charge >= 0.3 is 12.1 Å². The van der Waals surface area contributed by atoms with Gasteiger partial charge in [0.2, 0.25) is 5.91 Å². The molecule has 106 valence electrons. The molecule has 2 atom stereocenters. The Morgan fingerprint density at radius 3 is 2.63 bits per heavy atom. The largest absolute Gasteiger partial charge is 0.480 e. The fourth-order valence-electron chi connectivity index (χ4n) is 2.11. The van der Waals surface area contributed by atoms with Crippen LogP contribution in [0.25, 0.3) is 0 Å². The molecule has 7 nitrogen and oxygen atoms in total. The highest BCUT2D eigenvalue weighted by molar-refractivity contribution is 5.92. The third-order valence-electron chi connectivity index (χ3n) is 3.33. The molecule has 0 aromatic carbocycles. The zero-order valence-corrected chi connectivity index (χ0v) is 11.0. The van der Waals surface area contributed by atoms with Gasteiger partial charge < -0.3 is 20.1 Å². The summed E-state index contributed by atoms with van der Waals surface area (Å²) in [4.78, 5) is 36.0. The highest BCUT2D eigenvalue weighted by Crippen LogP contribution is 2.29. The summed E-state index contributed by atoms with van der Waals surface area (Å²) in [5, 5.41) is 11.5. The average molecular weight is 270 g/mol. The molecule has 0 aliphatic carbocycles. The summed E-state index contributed by atoms with van der Waals surface area (Å²) < 4.78 is 4.41. The number of carbonyl (C=O) groups is 3. The molecule has 1 saturated heterocycles. The molecule has 1 rings (SSSR count). The van der Waals surface area contributed by atoms with Crippen molar-refractivity contribution in [3.05, 3.63) is 12.7 Å². The van der Waals surface area contributed by atoms with Crippen molar-refractivity contribution in [2.24, 2.45) is 0 Å². The van der Waals surface area contributed by atoms with E-state index in [-0.39, 0.29) is 0 Å². The van der Waals surface area contributed by atoms with Crippen LogP contribution in [0.1, 0.15) is 19.8 Å². The highest BCUT2D eigenvalue weighted by atomic mass is 16.5. The van der Waals surface area contributed by atoms with Crippen molar-refractivity contribution in [3.8, 4) is 0 Å². The van der Waals surface area contributed by atoms with Gasteiger partial charge in [0, 0.05) is 6.54 Å². The van der Waals surface area contributed by atoms with Gasteiger partial charge in [-0.15, -0.1) is 6.58 Å². The Hall–Kier alpha value is -2.05. The van der Waals surface area contributed by atoms with E-state index in [0.29, 0.717) is 19.4 Å². The number of nitrogens with zero attached hydrogens (tertiary/aromatic N) is 1. The van der Waals surface area contributed by atoms with E-state index in [2.05, 4.69) is 16.6 Å². The molecule has 19 heavy (non-hydrogen) atoms. The van der Waals surface area contributed by atoms with Gasteiger partial charge in [0.15, 0.2) is 0 Å². The number of hydrogen-bond donors (Lipinski definition) is 2. The fourth-order valence-corrected chi connectivity index (χ4v) is 2.11. The van der Waals surface area contributed by atoms with Crippen LogP contribution in [-0.2, 0) is 14.3 Å². The summed E-state index contributed by atoms with van der Waals surface area (Å²) in [5.74, 6) is -1.55. The lowest BCUT2D eigenvalue weighted by molar-refractivity contribution is -0.155. The zero-order valence-electron chi connectivity index (χ0n) is 11.0. The molecule has 2 N–H and O–H groups in total. The van der Waals surface area contributed by atoms with E-state index in [1.54, 1.807) is 0 Å². The monoisotopic (exact) mass is 270 g/mol. The molecule has 0 radical (unpaired) electrons. The maximum Gasteiger partial charge on any atom is 0.407 e. The predicted molar refractivity (Wildman–Crippen MR) is 66.5 cm³/mol. The van der Waals surface area contributed by atoms with Crippen LogP contribution in [0.3, 0.4) is 0 Å². The van der Waals surface area contributed by atoms with E-state index in [1.807, 2.05) is 0 Å². The van der Waals surface area contributed by atoms with Crippen molar-refractivity contribution in [3.63, 3.8) is 0 Å². The molecular formula is C12H18N2O5. The number of ether oxygens (including phenoxy) is 1. The first-order chi connectivity index (χ1) is 8.86. The van der Waals surface area contributed by atoms with Crippen LogP contribution in [0.5, 0.6) is 0 Å². The van der Waals surface area contributed by atoms with Gasteiger partial charge in [-0.1, -0.05) is 6.08 Å². The maximum absolute atomic E-state index is 12.3. The van der Waals surface area contributed by atoms with Crippen molar-refractivity contribution in [2.45, 2.75) is 31.3 Å². The van der Waals surface area contributed by atoms with E-state index >= 15 is 0 Å². The van der Waals surface area contributed by atoms with Crippen LogP contribution >= 0.6 is 0 Å². The lowest BCUT2D eigenvalue weighted by atomic mass is 9.98. The Morgan fingerprint density at radius 2 is 2.16 bits per heavy atom. The second kappa shape index (κ2) is 5.73. The molecule has 1 heterocycles. The molecule has 0 bridgehead atoms. The minimum Gasteiger partial charge on any atom is -0.480 e. The molecule has 7 heteroatoms. The molecule has 0 spiro atoms. The number of carboxylic acid groups (broad SMARTS) is 1. The SMILES string of the molecule is C=CC(NC(=O)OC)C(=O)N1CCCC1(C)C(=O)O. The van der Waals surface area contributed by atoms with Crippen molar-refractivity contribution >= 4 is 18.0 Å². The molecule has 1 aliphatic rings. The second-order valence-electron chi connectivity index (χ2n) is 4.52. The Labute approximate surface area is 111 Å². The zero-order chi connectivity index (χ0) is 14.6. The lowest BCUT2D eigenvalue weighted by Crippen LogP contribution is -2.56. The fraction of sp³-hybridized carbons (Fsp3) is 0.583. The van der Waals surface area contributed by atoms with Crippen LogP contribution in [0, 0.1) is 0 Å². The molecule has 2 amide bonds. The van der Waals surface area contributed by atoms with Gasteiger partial charge in [0.05, 0.1) is 7.11 Å². The number of alkyl carbamates (subject to hydrolysis) is 1. The minimum atomic E-state index is -1.24. The number of amides is 2. The topological polar surface area (TPSA) is 95.9 Å². The van der Waals surface area contributed by atoms with Gasteiger partial charge in [0.1, 0.15) is 11.6 Å². The summed E-state index contributed by atoms with van der Waals surface area (Å²) in [7, 11) is 1.18. The molecule has 0 aromatic heterocycles. The van der Waals surface area contributed by atoms with E-state index in [0.717, 1.165) is 0 Å². The van der Waals surface area contributed by atoms with E-state index in [1.165, 1.54) is 25.0 Å². The van der Waals surface area contributed by atoms with Gasteiger partial charge in [-0.3, -0.25) is 4.79 Å². The third-order valence-corrected chi connectivity index (χ3v) is 3.33. The number of hydrogen-bond acceptors (Lipinski definition) is 4. The van der Waals surface area contributed by atoms with Crippen LogP contribution in [-0.4, -0.2) is 53.2 Å². The first-order valence-corrected chi connectivity index (χ1v) is 5.88. The van der Waals surface area contributed by atoms with Gasteiger partial charge in [-0.05, 0) is 19.8 Å². The lowest BCUT2D eigenvalue weighted by Gasteiger charge is -2.33. The molecule has 1 aliphatic heterocycles. The van der Waals surface area contributed by atoms with E-state index in [9.17, 15) is 19.5 Å². The van der Waals surface area contributed by atoms with E-state index in [4.69, 9.17) is 0 Å². The predicted octanol–water partition coefficient (Wildman–Crippen LogP) is 0.363. The van der Waals surface area contributed by atoms with Crippen molar-refractivity contribution in [2.75, 3.05) is 13.7 Å². The maximum atomic E-state index is 12.3. The van der Waals surface area contributed by atoms with Crippen molar-refractivity contribution in [1.29, 1.82) is 0 Å². The number of aliphatic carboxylic acids is 1. The highest BCUT2D eigenvalue weighted by Gasteiger charge is 2.47. The molecule has 2 unspecified atom stereocenters. The first kappa shape index (κ1) is 15.0. The number of methoxy groups -OCH3 is 1. The van der Waals surface area contributed by atoms with Crippen LogP contribution in [0.2, 0.25) is 0 Å². The number of rotatable bonds is 4. The Kier molecular flexibility index (Phi) is 4.52. The summed E-state index contributed by atoms with van der Waals surface area (Å²) in [5.41, 5.74) is -1.24. The van der Waals surface area contributed by atoms with Crippen molar-refractivity contribution in [1.82, 2.24) is 10.2 Å². The molecule has 0 aromatic rings. The molecular weight excluding hydrogens is 252 g/mol. The minimum absolute atomic E-state index is 0.342.